The summed E-state index contributed by atoms with van der Waals surface area (Å²) < 4.78 is 27.5. The Morgan fingerprint density at radius 2 is 1.83 bits per heavy atom. The van der Waals surface area contributed by atoms with Crippen LogP contribution in [0, 0.1) is 0 Å². The van der Waals surface area contributed by atoms with E-state index in [1.165, 1.54) is 18.2 Å². The van der Waals surface area contributed by atoms with Crippen LogP contribution < -0.4 is 4.72 Å². The Morgan fingerprint density at radius 3 is 2.44 bits per heavy atom. The van der Waals surface area contributed by atoms with Crippen molar-refractivity contribution in [1.29, 1.82) is 0 Å². The van der Waals surface area contributed by atoms with E-state index in [4.69, 9.17) is 23.2 Å². The van der Waals surface area contributed by atoms with E-state index in [1.54, 1.807) is 0 Å². The van der Waals surface area contributed by atoms with E-state index >= 15 is 0 Å². The van der Waals surface area contributed by atoms with Gasteiger partial charge in [0.05, 0.1) is 14.9 Å². The van der Waals surface area contributed by atoms with Gasteiger partial charge in [-0.05, 0) is 35.5 Å². The maximum atomic E-state index is 11.9. The van der Waals surface area contributed by atoms with Gasteiger partial charge in [-0.2, -0.15) is 0 Å². The summed E-state index contributed by atoms with van der Waals surface area (Å²) in [5.74, 6) is 0. The van der Waals surface area contributed by atoms with Gasteiger partial charge in [0.2, 0.25) is 10.0 Å². The third-order valence-electron chi connectivity index (χ3n) is 2.30. The first kappa shape index (κ1) is 16.5. The number of hydrogen-bond donors (Lipinski definition) is 1. The van der Waals surface area contributed by atoms with Crippen LogP contribution in [0.25, 0.3) is 0 Å². The van der Waals surface area contributed by atoms with Crippen molar-refractivity contribution in [3.63, 3.8) is 0 Å². The highest BCUT2D eigenvalue weighted by molar-refractivity contribution is 14.1. The average Bonchev–Trinajstić information content (AvgIpc) is 2.32. The van der Waals surface area contributed by atoms with Gasteiger partial charge in [-0.1, -0.05) is 52.2 Å². The summed E-state index contributed by atoms with van der Waals surface area (Å²) in [6, 6.07) is 4.28. The van der Waals surface area contributed by atoms with Gasteiger partial charge in [0, 0.05) is 6.54 Å². The fourth-order valence-corrected chi connectivity index (χ4v) is 3.33. The Labute approximate surface area is 131 Å². The maximum Gasteiger partial charge on any atom is 0.240 e. The lowest BCUT2D eigenvalue weighted by Crippen LogP contribution is -2.24. The van der Waals surface area contributed by atoms with Gasteiger partial charge < -0.3 is 0 Å². The summed E-state index contributed by atoms with van der Waals surface area (Å²) in [6.07, 6.45) is 2.96. The van der Waals surface area contributed by atoms with E-state index in [2.05, 4.69) is 27.3 Å². The molecule has 18 heavy (non-hydrogen) atoms. The van der Waals surface area contributed by atoms with Gasteiger partial charge in [-0.25, -0.2) is 13.1 Å². The average molecular weight is 422 g/mol. The Morgan fingerprint density at radius 1 is 1.11 bits per heavy atom. The highest BCUT2D eigenvalue weighted by Gasteiger charge is 2.14. The van der Waals surface area contributed by atoms with E-state index in [0.717, 1.165) is 23.7 Å². The van der Waals surface area contributed by atoms with E-state index in [0.29, 0.717) is 11.6 Å². The van der Waals surface area contributed by atoms with E-state index in [9.17, 15) is 8.42 Å². The van der Waals surface area contributed by atoms with Crippen LogP contribution in [0.4, 0.5) is 0 Å². The molecule has 0 saturated heterocycles. The molecule has 0 aliphatic rings. The molecule has 7 heteroatoms. The number of hydrogen-bond acceptors (Lipinski definition) is 2. The van der Waals surface area contributed by atoms with Crippen LogP contribution in [0.2, 0.25) is 10.0 Å². The highest BCUT2D eigenvalue weighted by Crippen LogP contribution is 2.24. The first-order valence-electron chi connectivity index (χ1n) is 5.48. The minimum Gasteiger partial charge on any atom is -0.211 e. The van der Waals surface area contributed by atoms with Crippen LogP contribution in [0.1, 0.15) is 19.3 Å². The molecule has 3 nitrogen and oxygen atoms in total. The fourth-order valence-electron chi connectivity index (χ4n) is 1.33. The Balaban J connectivity index is 2.60. The number of sulfonamides is 1. The highest BCUT2D eigenvalue weighted by atomic mass is 127. The zero-order valence-electron chi connectivity index (χ0n) is 9.63. The van der Waals surface area contributed by atoms with Crippen LogP contribution in [0.3, 0.4) is 0 Å². The molecule has 0 radical (unpaired) electrons. The molecule has 0 atom stereocenters. The fraction of sp³-hybridized carbons (Fsp3) is 0.455. The quantitative estimate of drug-likeness (QED) is 0.412. The van der Waals surface area contributed by atoms with Gasteiger partial charge in [0.1, 0.15) is 0 Å². The SMILES string of the molecule is O=S(=O)(NCCCCCI)c1ccc(Cl)c(Cl)c1. The van der Waals surface area contributed by atoms with Gasteiger partial charge in [-0.3, -0.25) is 0 Å². The molecule has 0 aliphatic heterocycles. The Bertz CT molecular complexity index is 494. The maximum absolute atomic E-state index is 11.9. The van der Waals surface area contributed by atoms with Crippen molar-refractivity contribution >= 4 is 55.8 Å². The van der Waals surface area contributed by atoms with Gasteiger partial charge in [0.25, 0.3) is 0 Å². The molecule has 0 saturated carbocycles. The molecule has 1 N–H and O–H groups in total. The summed E-state index contributed by atoms with van der Waals surface area (Å²) >= 11 is 13.8. The van der Waals surface area contributed by atoms with Crippen molar-refractivity contribution in [1.82, 2.24) is 4.72 Å². The first-order chi connectivity index (χ1) is 8.47. The molecule has 1 rings (SSSR count). The molecule has 0 spiro atoms. The first-order valence-corrected chi connectivity index (χ1v) is 9.24. The van der Waals surface area contributed by atoms with Crippen molar-refractivity contribution in [3.05, 3.63) is 28.2 Å². The normalized spacial score (nSPS) is 11.7. The van der Waals surface area contributed by atoms with Gasteiger partial charge in [-0.15, -0.1) is 0 Å². The Kier molecular flexibility index (Phi) is 7.23. The summed E-state index contributed by atoms with van der Waals surface area (Å²) in [5.41, 5.74) is 0. The van der Waals surface area contributed by atoms with Crippen LogP contribution in [0.5, 0.6) is 0 Å². The summed E-state index contributed by atoms with van der Waals surface area (Å²) in [4.78, 5) is 0.144. The third kappa shape index (κ3) is 5.21. The standard InChI is InChI=1S/C11H14Cl2INO2S/c12-10-5-4-9(8-11(10)13)18(16,17)15-7-3-1-2-6-14/h4-5,8,15H,1-3,6-7H2. The number of nitrogens with one attached hydrogen (secondary N) is 1. The molecule has 0 unspecified atom stereocenters. The van der Waals surface area contributed by atoms with E-state index in [-0.39, 0.29) is 9.92 Å². The number of benzene rings is 1. The summed E-state index contributed by atoms with van der Waals surface area (Å²) in [5, 5.41) is 0.585. The second-order valence-electron chi connectivity index (χ2n) is 3.72. The topological polar surface area (TPSA) is 46.2 Å². The molecule has 1 aromatic rings. The second-order valence-corrected chi connectivity index (χ2v) is 7.38. The molecular formula is C11H14Cl2INO2S. The molecule has 0 aromatic heterocycles. The molecule has 102 valence electrons. The van der Waals surface area contributed by atoms with Crippen LogP contribution in [-0.4, -0.2) is 19.4 Å². The monoisotopic (exact) mass is 421 g/mol. The van der Waals surface area contributed by atoms with Crippen molar-refractivity contribution in [3.8, 4) is 0 Å². The molecule has 1 aromatic carbocycles. The van der Waals surface area contributed by atoms with Crippen LogP contribution in [0.15, 0.2) is 23.1 Å². The molecule has 0 heterocycles. The number of halogens is 3. The minimum atomic E-state index is -3.48. The van der Waals surface area contributed by atoms with Crippen molar-refractivity contribution in [2.45, 2.75) is 24.2 Å². The lowest BCUT2D eigenvalue weighted by molar-refractivity contribution is 0.576. The number of rotatable bonds is 7. The molecule has 0 aliphatic carbocycles. The second kappa shape index (κ2) is 7.89. The Hall–Kier alpha value is 0.440. The lowest BCUT2D eigenvalue weighted by Gasteiger charge is -2.07. The molecule has 0 fully saturated rings. The van der Waals surface area contributed by atoms with Gasteiger partial charge >= 0.3 is 0 Å². The summed E-state index contributed by atoms with van der Waals surface area (Å²) in [7, 11) is -3.48. The molecule has 0 amide bonds. The zero-order valence-corrected chi connectivity index (χ0v) is 14.1. The van der Waals surface area contributed by atoms with E-state index in [1.807, 2.05) is 0 Å². The number of alkyl halides is 1. The van der Waals surface area contributed by atoms with E-state index < -0.39 is 10.0 Å². The molecule has 0 bridgehead atoms. The molecular weight excluding hydrogens is 408 g/mol. The predicted molar refractivity (Wildman–Crippen MR) is 84.4 cm³/mol. The third-order valence-corrected chi connectivity index (χ3v) is 5.26. The van der Waals surface area contributed by atoms with Crippen molar-refractivity contribution < 1.29 is 8.42 Å². The lowest BCUT2D eigenvalue weighted by atomic mass is 10.3. The summed E-state index contributed by atoms with van der Waals surface area (Å²) in [6.45, 7) is 0.444. The minimum absolute atomic E-state index is 0.144. The zero-order chi connectivity index (χ0) is 13.6. The predicted octanol–water partition coefficient (Wildman–Crippen LogP) is 3.88. The van der Waals surface area contributed by atoms with Crippen molar-refractivity contribution in [2.24, 2.45) is 0 Å². The van der Waals surface area contributed by atoms with Gasteiger partial charge in [0.15, 0.2) is 0 Å². The number of unbranched alkanes of at least 4 members (excludes halogenated alkanes) is 2. The smallest absolute Gasteiger partial charge is 0.211 e. The largest absolute Gasteiger partial charge is 0.240 e. The van der Waals surface area contributed by atoms with Crippen molar-refractivity contribution in [2.75, 3.05) is 11.0 Å². The van der Waals surface area contributed by atoms with Crippen LogP contribution >= 0.6 is 45.8 Å². The van der Waals surface area contributed by atoms with Crippen LogP contribution in [-0.2, 0) is 10.0 Å².